The van der Waals surface area contributed by atoms with E-state index in [4.69, 9.17) is 17.3 Å². The summed E-state index contributed by atoms with van der Waals surface area (Å²) in [5, 5.41) is 3.28. The number of rotatable bonds is 4. The van der Waals surface area contributed by atoms with Crippen molar-refractivity contribution in [3.8, 4) is 0 Å². The van der Waals surface area contributed by atoms with E-state index in [0.29, 0.717) is 10.7 Å². The molecule has 3 nitrogen and oxygen atoms in total. The van der Waals surface area contributed by atoms with Gasteiger partial charge < -0.3 is 11.1 Å². The molecule has 17 heavy (non-hydrogen) atoms. The van der Waals surface area contributed by atoms with Gasteiger partial charge in [-0.25, -0.2) is 0 Å². The maximum absolute atomic E-state index is 11.9. The first kappa shape index (κ1) is 14.7. The summed E-state index contributed by atoms with van der Waals surface area (Å²) in [6, 6.07) is 4.96. The van der Waals surface area contributed by atoms with E-state index in [1.807, 2.05) is 19.9 Å². The molecule has 1 unspecified atom stereocenters. The Labute approximate surface area is 120 Å². The van der Waals surface area contributed by atoms with E-state index in [2.05, 4.69) is 27.9 Å². The Morgan fingerprint density at radius 3 is 2.76 bits per heavy atom. The van der Waals surface area contributed by atoms with Crippen molar-refractivity contribution in [1.29, 1.82) is 0 Å². The monoisotopic (exact) mass is 366 g/mol. The normalized spacial score (nSPS) is 14.2. The standard InChI is InChI=1S/C12H16ClIN2O/c1-3-7(2)11(15)12(17)16-10-5-4-8(14)6-9(10)13/h4-7,11H,3,15H2,1-2H3,(H,16,17)/t7?,11-/m0/s1. The molecule has 1 aromatic carbocycles. The van der Waals surface area contributed by atoms with Gasteiger partial charge in [-0.1, -0.05) is 31.9 Å². The van der Waals surface area contributed by atoms with Crippen molar-refractivity contribution in [3.63, 3.8) is 0 Å². The molecule has 0 saturated heterocycles. The fourth-order valence-corrected chi connectivity index (χ4v) is 2.22. The highest BCUT2D eigenvalue weighted by Crippen LogP contribution is 2.24. The Hall–Kier alpha value is -0.330. The van der Waals surface area contributed by atoms with Gasteiger partial charge in [-0.15, -0.1) is 0 Å². The Morgan fingerprint density at radius 2 is 2.24 bits per heavy atom. The summed E-state index contributed by atoms with van der Waals surface area (Å²) in [5.41, 5.74) is 6.45. The zero-order valence-corrected chi connectivity index (χ0v) is 12.7. The number of carbonyl (C=O) groups is 1. The van der Waals surface area contributed by atoms with Crippen LogP contribution < -0.4 is 11.1 Å². The van der Waals surface area contributed by atoms with Crippen LogP contribution in [-0.4, -0.2) is 11.9 Å². The summed E-state index contributed by atoms with van der Waals surface area (Å²) in [6.07, 6.45) is 0.870. The number of amides is 1. The SMILES string of the molecule is CCC(C)[C@H](N)C(=O)Nc1ccc(I)cc1Cl. The first-order valence-corrected chi connectivity index (χ1v) is 6.92. The van der Waals surface area contributed by atoms with Gasteiger partial charge in [0.2, 0.25) is 5.91 Å². The molecule has 0 fully saturated rings. The molecule has 2 atom stereocenters. The lowest BCUT2D eigenvalue weighted by Crippen LogP contribution is -2.40. The van der Waals surface area contributed by atoms with Crippen LogP contribution in [0.1, 0.15) is 20.3 Å². The molecule has 0 heterocycles. The number of halogens is 2. The number of hydrogen-bond acceptors (Lipinski definition) is 2. The molecule has 0 spiro atoms. The molecule has 0 aliphatic heterocycles. The second kappa shape index (κ2) is 6.56. The van der Waals surface area contributed by atoms with E-state index in [1.54, 1.807) is 12.1 Å². The topological polar surface area (TPSA) is 55.1 Å². The number of carbonyl (C=O) groups excluding carboxylic acids is 1. The Balaban J connectivity index is 2.74. The summed E-state index contributed by atoms with van der Waals surface area (Å²) in [7, 11) is 0. The maximum Gasteiger partial charge on any atom is 0.241 e. The van der Waals surface area contributed by atoms with Crippen LogP contribution in [0.3, 0.4) is 0 Å². The van der Waals surface area contributed by atoms with Crippen molar-refractivity contribution < 1.29 is 4.79 Å². The van der Waals surface area contributed by atoms with E-state index < -0.39 is 6.04 Å². The lowest BCUT2D eigenvalue weighted by Gasteiger charge is -2.18. The number of anilines is 1. The molecule has 1 rings (SSSR count). The van der Waals surface area contributed by atoms with Gasteiger partial charge in [-0.3, -0.25) is 4.79 Å². The third kappa shape index (κ3) is 4.12. The minimum absolute atomic E-state index is 0.151. The molecule has 0 aliphatic carbocycles. The highest BCUT2D eigenvalue weighted by atomic mass is 127. The molecule has 1 aromatic rings. The molecule has 0 radical (unpaired) electrons. The average Bonchev–Trinajstić information content (AvgIpc) is 2.30. The zero-order valence-electron chi connectivity index (χ0n) is 9.84. The van der Waals surface area contributed by atoms with Crippen molar-refractivity contribution in [2.75, 3.05) is 5.32 Å². The Morgan fingerprint density at radius 1 is 1.59 bits per heavy atom. The fourth-order valence-electron chi connectivity index (χ4n) is 1.32. The summed E-state index contributed by atoms with van der Waals surface area (Å²) in [4.78, 5) is 11.9. The predicted molar refractivity (Wildman–Crippen MR) is 80.2 cm³/mol. The van der Waals surface area contributed by atoms with Crippen LogP contribution in [0.5, 0.6) is 0 Å². The van der Waals surface area contributed by atoms with Gasteiger partial charge in [0.1, 0.15) is 0 Å². The molecule has 0 bridgehead atoms. The Bertz CT molecular complexity index is 411. The van der Waals surface area contributed by atoms with Gasteiger partial charge in [0.15, 0.2) is 0 Å². The van der Waals surface area contributed by atoms with Gasteiger partial charge in [0.05, 0.1) is 16.8 Å². The fraction of sp³-hybridized carbons (Fsp3) is 0.417. The van der Waals surface area contributed by atoms with Crippen molar-refractivity contribution in [2.45, 2.75) is 26.3 Å². The second-order valence-electron chi connectivity index (χ2n) is 4.02. The molecule has 3 N–H and O–H groups in total. The third-order valence-corrected chi connectivity index (χ3v) is 3.73. The lowest BCUT2D eigenvalue weighted by atomic mass is 9.99. The molecule has 1 amide bonds. The smallest absolute Gasteiger partial charge is 0.241 e. The van der Waals surface area contributed by atoms with Crippen molar-refractivity contribution >= 4 is 45.8 Å². The number of nitrogens with two attached hydrogens (primary N) is 1. The minimum Gasteiger partial charge on any atom is -0.323 e. The predicted octanol–water partition coefficient (Wildman–Crippen LogP) is 3.26. The molecular weight excluding hydrogens is 351 g/mol. The van der Waals surface area contributed by atoms with Gasteiger partial charge in [-0.2, -0.15) is 0 Å². The van der Waals surface area contributed by atoms with Crippen LogP contribution in [0, 0.1) is 9.49 Å². The van der Waals surface area contributed by atoms with E-state index in [9.17, 15) is 4.79 Å². The first-order chi connectivity index (χ1) is 7.95. The Kier molecular flexibility index (Phi) is 5.69. The quantitative estimate of drug-likeness (QED) is 0.804. The highest BCUT2D eigenvalue weighted by Gasteiger charge is 2.19. The van der Waals surface area contributed by atoms with Crippen LogP contribution >= 0.6 is 34.2 Å². The molecule has 5 heteroatoms. The van der Waals surface area contributed by atoms with Crippen LogP contribution in [0.2, 0.25) is 5.02 Å². The van der Waals surface area contributed by atoms with Crippen LogP contribution in [0.4, 0.5) is 5.69 Å². The number of hydrogen-bond donors (Lipinski definition) is 2. The van der Waals surface area contributed by atoms with Crippen LogP contribution in [0.25, 0.3) is 0 Å². The van der Waals surface area contributed by atoms with E-state index >= 15 is 0 Å². The number of nitrogens with one attached hydrogen (secondary N) is 1. The molecule has 0 aromatic heterocycles. The van der Waals surface area contributed by atoms with Crippen LogP contribution in [-0.2, 0) is 4.79 Å². The first-order valence-electron chi connectivity index (χ1n) is 5.47. The van der Waals surface area contributed by atoms with Crippen molar-refractivity contribution in [1.82, 2.24) is 0 Å². The van der Waals surface area contributed by atoms with Gasteiger partial charge in [0, 0.05) is 3.57 Å². The minimum atomic E-state index is -0.504. The molecule has 0 saturated carbocycles. The molecule has 94 valence electrons. The summed E-state index contributed by atoms with van der Waals surface area (Å²) in [5.74, 6) is -0.0416. The highest BCUT2D eigenvalue weighted by molar-refractivity contribution is 14.1. The second-order valence-corrected chi connectivity index (χ2v) is 5.68. The van der Waals surface area contributed by atoms with E-state index in [-0.39, 0.29) is 11.8 Å². The number of benzene rings is 1. The largest absolute Gasteiger partial charge is 0.323 e. The summed E-state index contributed by atoms with van der Waals surface area (Å²) in [6.45, 7) is 3.97. The summed E-state index contributed by atoms with van der Waals surface area (Å²) >= 11 is 8.20. The summed E-state index contributed by atoms with van der Waals surface area (Å²) < 4.78 is 1.02. The van der Waals surface area contributed by atoms with Gasteiger partial charge in [-0.05, 0) is 46.7 Å². The van der Waals surface area contributed by atoms with Crippen molar-refractivity contribution in [2.24, 2.45) is 11.7 Å². The third-order valence-electron chi connectivity index (χ3n) is 2.75. The van der Waals surface area contributed by atoms with E-state index in [0.717, 1.165) is 9.99 Å². The van der Waals surface area contributed by atoms with Gasteiger partial charge in [0.25, 0.3) is 0 Å². The van der Waals surface area contributed by atoms with Gasteiger partial charge >= 0.3 is 0 Å². The molecule has 0 aliphatic rings. The lowest BCUT2D eigenvalue weighted by molar-refractivity contribution is -0.118. The average molecular weight is 367 g/mol. The van der Waals surface area contributed by atoms with Crippen LogP contribution in [0.15, 0.2) is 18.2 Å². The maximum atomic E-state index is 11.9. The molecular formula is C12H16ClIN2O. The van der Waals surface area contributed by atoms with Crippen molar-refractivity contribution in [3.05, 3.63) is 26.8 Å². The zero-order chi connectivity index (χ0) is 13.0. The van der Waals surface area contributed by atoms with E-state index in [1.165, 1.54) is 0 Å².